The van der Waals surface area contributed by atoms with E-state index in [-0.39, 0.29) is 11.9 Å². The molecule has 0 aliphatic carbocycles. The van der Waals surface area contributed by atoms with E-state index >= 15 is 0 Å². The third-order valence-corrected chi connectivity index (χ3v) is 4.90. The normalized spacial score (nSPS) is 10.8. The molecule has 0 unspecified atom stereocenters. The molecule has 0 aliphatic heterocycles. The standard InChI is InChI=1S/C16H21N3O3S/c1-9-13-10(2)17-11(3)18-15(13)23-14(9)16(21)19(4)8-6-7-12(20)22-5/h6-8H2,1-5H3. The van der Waals surface area contributed by atoms with Gasteiger partial charge in [0, 0.05) is 31.1 Å². The maximum absolute atomic E-state index is 12.6. The summed E-state index contributed by atoms with van der Waals surface area (Å²) in [6, 6.07) is 0. The first-order chi connectivity index (χ1) is 10.8. The molecule has 23 heavy (non-hydrogen) atoms. The Bertz CT molecular complexity index is 755. The van der Waals surface area contributed by atoms with Crippen molar-refractivity contribution in [3.05, 3.63) is 22.0 Å². The van der Waals surface area contributed by atoms with Crippen LogP contribution in [0.3, 0.4) is 0 Å². The lowest BCUT2D eigenvalue weighted by molar-refractivity contribution is -0.140. The van der Waals surface area contributed by atoms with Crippen molar-refractivity contribution in [2.75, 3.05) is 20.7 Å². The predicted octanol–water partition coefficient (Wildman–Crippen LogP) is 2.64. The number of ether oxygens (including phenoxy) is 1. The van der Waals surface area contributed by atoms with E-state index in [0.717, 1.165) is 21.5 Å². The topological polar surface area (TPSA) is 72.4 Å². The average molecular weight is 335 g/mol. The fourth-order valence-electron chi connectivity index (χ4n) is 2.52. The minimum absolute atomic E-state index is 0.0487. The summed E-state index contributed by atoms with van der Waals surface area (Å²) >= 11 is 1.40. The van der Waals surface area contributed by atoms with Crippen molar-refractivity contribution in [1.29, 1.82) is 0 Å². The van der Waals surface area contributed by atoms with Gasteiger partial charge in [-0.05, 0) is 32.8 Å². The molecular weight excluding hydrogens is 314 g/mol. The quantitative estimate of drug-likeness (QED) is 0.786. The molecule has 6 nitrogen and oxygen atoms in total. The van der Waals surface area contributed by atoms with Crippen molar-refractivity contribution in [1.82, 2.24) is 14.9 Å². The molecular formula is C16H21N3O3S. The molecule has 2 aromatic heterocycles. The van der Waals surface area contributed by atoms with E-state index in [4.69, 9.17) is 0 Å². The zero-order chi connectivity index (χ0) is 17.1. The molecule has 0 N–H and O–H groups in total. The number of aromatic nitrogens is 2. The summed E-state index contributed by atoms with van der Waals surface area (Å²) in [5, 5.41) is 0.965. The van der Waals surface area contributed by atoms with Crippen LogP contribution in [0, 0.1) is 20.8 Å². The lowest BCUT2D eigenvalue weighted by Gasteiger charge is -2.16. The van der Waals surface area contributed by atoms with Crippen LogP contribution in [0.1, 0.15) is 39.6 Å². The summed E-state index contributed by atoms with van der Waals surface area (Å²) in [5.74, 6) is 0.402. The Labute approximate surface area is 139 Å². The first-order valence-electron chi connectivity index (χ1n) is 7.41. The molecule has 7 heteroatoms. The second-order valence-electron chi connectivity index (χ2n) is 5.50. The fourth-order valence-corrected chi connectivity index (χ4v) is 3.79. The largest absolute Gasteiger partial charge is 0.469 e. The minimum Gasteiger partial charge on any atom is -0.469 e. The van der Waals surface area contributed by atoms with Crippen molar-refractivity contribution in [3.8, 4) is 0 Å². The van der Waals surface area contributed by atoms with Gasteiger partial charge in [-0.15, -0.1) is 11.3 Å². The maximum atomic E-state index is 12.6. The molecule has 0 radical (unpaired) electrons. The highest BCUT2D eigenvalue weighted by Crippen LogP contribution is 2.31. The van der Waals surface area contributed by atoms with Crippen LogP contribution in [0.15, 0.2) is 0 Å². The van der Waals surface area contributed by atoms with Gasteiger partial charge in [-0.3, -0.25) is 9.59 Å². The third-order valence-electron chi connectivity index (χ3n) is 3.73. The van der Waals surface area contributed by atoms with Gasteiger partial charge in [0.1, 0.15) is 10.7 Å². The number of amides is 1. The summed E-state index contributed by atoms with van der Waals surface area (Å²) in [6.07, 6.45) is 0.889. The summed E-state index contributed by atoms with van der Waals surface area (Å²) in [7, 11) is 3.11. The first-order valence-corrected chi connectivity index (χ1v) is 8.23. The van der Waals surface area contributed by atoms with Crippen LogP contribution >= 0.6 is 11.3 Å². The van der Waals surface area contributed by atoms with Gasteiger partial charge in [0.15, 0.2) is 0 Å². The Balaban J connectivity index is 2.19. The van der Waals surface area contributed by atoms with Gasteiger partial charge < -0.3 is 9.64 Å². The zero-order valence-corrected chi connectivity index (χ0v) is 14.9. The summed E-state index contributed by atoms with van der Waals surface area (Å²) < 4.78 is 4.60. The van der Waals surface area contributed by atoms with Crippen LogP contribution in [0.4, 0.5) is 0 Å². The molecule has 0 aliphatic rings. The number of hydrogen-bond donors (Lipinski definition) is 0. The lowest BCUT2D eigenvalue weighted by Crippen LogP contribution is -2.28. The van der Waals surface area contributed by atoms with E-state index in [9.17, 15) is 9.59 Å². The Kier molecular flexibility index (Phi) is 5.30. The van der Waals surface area contributed by atoms with E-state index in [0.29, 0.717) is 30.1 Å². The Morgan fingerprint density at radius 3 is 2.57 bits per heavy atom. The molecule has 0 saturated carbocycles. The van der Waals surface area contributed by atoms with Gasteiger partial charge in [-0.1, -0.05) is 0 Å². The molecule has 0 saturated heterocycles. The zero-order valence-electron chi connectivity index (χ0n) is 14.1. The van der Waals surface area contributed by atoms with E-state index in [2.05, 4.69) is 14.7 Å². The molecule has 124 valence electrons. The second-order valence-corrected chi connectivity index (χ2v) is 6.50. The number of thiophene rings is 1. The number of hydrogen-bond acceptors (Lipinski definition) is 6. The number of carbonyl (C=O) groups is 2. The molecule has 0 bridgehead atoms. The molecule has 2 heterocycles. The van der Waals surface area contributed by atoms with Crippen molar-refractivity contribution in [2.45, 2.75) is 33.6 Å². The number of rotatable bonds is 5. The van der Waals surface area contributed by atoms with Crippen LogP contribution in [-0.4, -0.2) is 47.4 Å². The Morgan fingerprint density at radius 1 is 1.22 bits per heavy atom. The van der Waals surface area contributed by atoms with E-state index in [1.165, 1.54) is 18.4 Å². The minimum atomic E-state index is -0.259. The van der Waals surface area contributed by atoms with Crippen LogP contribution in [-0.2, 0) is 9.53 Å². The van der Waals surface area contributed by atoms with E-state index in [1.54, 1.807) is 11.9 Å². The number of esters is 1. The molecule has 2 rings (SSSR count). The highest BCUT2D eigenvalue weighted by atomic mass is 32.1. The second kappa shape index (κ2) is 7.04. The van der Waals surface area contributed by atoms with Crippen molar-refractivity contribution in [2.24, 2.45) is 0 Å². The lowest BCUT2D eigenvalue weighted by atomic mass is 10.1. The summed E-state index contributed by atoms with van der Waals surface area (Å²) in [5.41, 5.74) is 1.82. The van der Waals surface area contributed by atoms with Gasteiger partial charge in [-0.25, -0.2) is 9.97 Å². The average Bonchev–Trinajstić information content (AvgIpc) is 2.82. The summed E-state index contributed by atoms with van der Waals surface area (Å²) in [4.78, 5) is 35.8. The highest BCUT2D eigenvalue weighted by molar-refractivity contribution is 7.20. The SMILES string of the molecule is COC(=O)CCCN(C)C(=O)c1sc2nc(C)nc(C)c2c1C. The molecule has 0 atom stereocenters. The predicted molar refractivity (Wildman–Crippen MR) is 89.8 cm³/mol. The number of fused-ring (bicyclic) bond motifs is 1. The van der Waals surface area contributed by atoms with Crippen molar-refractivity contribution in [3.63, 3.8) is 0 Å². The number of methoxy groups -OCH3 is 1. The van der Waals surface area contributed by atoms with Crippen LogP contribution in [0.2, 0.25) is 0 Å². The monoisotopic (exact) mass is 335 g/mol. The number of aryl methyl sites for hydroxylation is 3. The molecule has 1 amide bonds. The number of carbonyl (C=O) groups excluding carboxylic acids is 2. The van der Waals surface area contributed by atoms with Crippen LogP contribution in [0.25, 0.3) is 10.2 Å². The van der Waals surface area contributed by atoms with Gasteiger partial charge in [0.2, 0.25) is 0 Å². The van der Waals surface area contributed by atoms with Crippen molar-refractivity contribution >= 4 is 33.4 Å². The third kappa shape index (κ3) is 3.67. The number of nitrogens with zero attached hydrogens (tertiary/aromatic N) is 3. The van der Waals surface area contributed by atoms with Gasteiger partial charge in [0.25, 0.3) is 5.91 Å². The Morgan fingerprint density at radius 2 is 1.91 bits per heavy atom. The molecule has 0 aromatic carbocycles. The van der Waals surface area contributed by atoms with Crippen molar-refractivity contribution < 1.29 is 14.3 Å². The molecule has 0 spiro atoms. The van der Waals surface area contributed by atoms with E-state index in [1.807, 2.05) is 20.8 Å². The summed E-state index contributed by atoms with van der Waals surface area (Å²) in [6.45, 7) is 6.22. The van der Waals surface area contributed by atoms with E-state index < -0.39 is 0 Å². The fraction of sp³-hybridized carbons (Fsp3) is 0.500. The first kappa shape index (κ1) is 17.3. The molecule has 0 fully saturated rings. The Hall–Kier alpha value is -2.02. The maximum Gasteiger partial charge on any atom is 0.305 e. The van der Waals surface area contributed by atoms with Crippen LogP contribution < -0.4 is 0 Å². The van der Waals surface area contributed by atoms with Gasteiger partial charge in [0.05, 0.1) is 12.0 Å². The van der Waals surface area contributed by atoms with Gasteiger partial charge >= 0.3 is 5.97 Å². The highest BCUT2D eigenvalue weighted by Gasteiger charge is 2.21. The smallest absolute Gasteiger partial charge is 0.305 e. The molecule has 2 aromatic rings. The van der Waals surface area contributed by atoms with Gasteiger partial charge in [-0.2, -0.15) is 0 Å². The van der Waals surface area contributed by atoms with Crippen LogP contribution in [0.5, 0.6) is 0 Å².